The maximum Gasteiger partial charge on any atom is 0.413 e. The molecule has 0 saturated heterocycles. The number of carbonyl (C=O) groups is 3. The third-order valence-corrected chi connectivity index (χ3v) is 4.96. The van der Waals surface area contributed by atoms with Crippen LogP contribution in [0.4, 0.5) is 21.0 Å². The molecule has 4 N–H and O–H groups in total. The highest BCUT2D eigenvalue weighted by Gasteiger charge is 2.19. The molecule has 0 aliphatic carbocycles. The number of ether oxygens (including phenoxy) is 2. The Hall–Kier alpha value is -3.57. The number of nitrogens with zero attached hydrogens (tertiary/aromatic N) is 2. The summed E-state index contributed by atoms with van der Waals surface area (Å²) < 4.78 is 9.70. The summed E-state index contributed by atoms with van der Waals surface area (Å²) >= 11 is 1.48. The third-order valence-electron chi connectivity index (χ3n) is 3.96. The van der Waals surface area contributed by atoms with Crippen molar-refractivity contribution in [1.29, 1.82) is 0 Å². The molecule has 2 rings (SSSR count). The molecule has 4 amide bonds. The van der Waals surface area contributed by atoms with Crippen LogP contribution >= 0.6 is 11.8 Å². The first-order chi connectivity index (χ1) is 15.4. The number of guanidine groups is 1. The van der Waals surface area contributed by atoms with Crippen molar-refractivity contribution in [2.75, 3.05) is 31.2 Å². The van der Waals surface area contributed by atoms with Crippen LogP contribution < -0.4 is 21.3 Å². The van der Waals surface area contributed by atoms with Gasteiger partial charge in [-0.3, -0.25) is 15.0 Å². The molecule has 0 aliphatic rings. The molecule has 0 aromatic heterocycles. The number of benzene rings is 2. The highest BCUT2D eigenvalue weighted by Crippen LogP contribution is 2.35. The summed E-state index contributed by atoms with van der Waals surface area (Å²) in [6.45, 7) is 1.52. The van der Waals surface area contributed by atoms with Crippen molar-refractivity contribution in [3.8, 4) is 0 Å². The van der Waals surface area contributed by atoms with Gasteiger partial charge in [-0.25, -0.2) is 9.59 Å². The number of carbonyl (C=O) groups excluding carboxylic acids is 3. The van der Waals surface area contributed by atoms with Gasteiger partial charge in [0.25, 0.3) is 0 Å². The fourth-order valence-electron chi connectivity index (χ4n) is 2.48. The van der Waals surface area contributed by atoms with Gasteiger partial charge >= 0.3 is 12.1 Å². The van der Waals surface area contributed by atoms with E-state index in [2.05, 4.69) is 20.4 Å². The lowest BCUT2D eigenvalue weighted by molar-refractivity contribution is -0.117. The number of rotatable bonds is 7. The van der Waals surface area contributed by atoms with Crippen LogP contribution in [0, 0.1) is 0 Å². The van der Waals surface area contributed by atoms with Gasteiger partial charge in [-0.15, -0.1) is 0 Å². The Labute approximate surface area is 190 Å². The zero-order valence-electron chi connectivity index (χ0n) is 18.0. The minimum atomic E-state index is -0.818. The molecule has 0 saturated carbocycles. The van der Waals surface area contributed by atoms with Gasteiger partial charge in [0, 0.05) is 23.3 Å². The van der Waals surface area contributed by atoms with Gasteiger partial charge in [0.2, 0.25) is 11.9 Å². The SMILES string of the molecule is CCC(=O)N=C(NC(=O)OC)Nc1ccc(Sc2ccccc2)cc1N(COC)C(N)=O. The van der Waals surface area contributed by atoms with E-state index >= 15 is 0 Å². The summed E-state index contributed by atoms with van der Waals surface area (Å²) in [6, 6.07) is 14.2. The number of alkyl carbamates (subject to hydrolysis) is 1. The van der Waals surface area contributed by atoms with E-state index in [0.29, 0.717) is 11.4 Å². The lowest BCUT2D eigenvalue weighted by Gasteiger charge is -2.24. The number of aliphatic imine (C=N–C) groups is 1. The summed E-state index contributed by atoms with van der Waals surface area (Å²) in [5, 5.41) is 5.21. The number of hydrogen-bond acceptors (Lipinski definition) is 6. The highest BCUT2D eigenvalue weighted by molar-refractivity contribution is 7.99. The van der Waals surface area contributed by atoms with E-state index < -0.39 is 18.0 Å². The number of nitrogens with two attached hydrogens (primary N) is 1. The van der Waals surface area contributed by atoms with E-state index in [1.165, 1.54) is 30.9 Å². The van der Waals surface area contributed by atoms with Crippen LogP contribution in [-0.2, 0) is 14.3 Å². The van der Waals surface area contributed by atoms with E-state index in [-0.39, 0.29) is 19.1 Å². The van der Waals surface area contributed by atoms with Gasteiger partial charge in [0.05, 0.1) is 18.5 Å². The zero-order valence-corrected chi connectivity index (χ0v) is 18.8. The van der Waals surface area contributed by atoms with Crippen LogP contribution in [0.2, 0.25) is 0 Å². The van der Waals surface area contributed by atoms with Crippen LogP contribution in [0.25, 0.3) is 0 Å². The Kier molecular flexibility index (Phi) is 9.51. The fraction of sp³-hybridized carbons (Fsp3) is 0.238. The van der Waals surface area contributed by atoms with Crippen molar-refractivity contribution < 1.29 is 23.9 Å². The van der Waals surface area contributed by atoms with E-state index in [9.17, 15) is 14.4 Å². The minimum Gasteiger partial charge on any atom is -0.453 e. The molecule has 10 nitrogen and oxygen atoms in total. The van der Waals surface area contributed by atoms with Gasteiger partial charge in [0.1, 0.15) is 6.73 Å². The molecule has 32 heavy (non-hydrogen) atoms. The quantitative estimate of drug-likeness (QED) is 0.328. The summed E-state index contributed by atoms with van der Waals surface area (Å²) in [5.41, 5.74) is 6.28. The molecule has 0 aliphatic heterocycles. The standard InChI is InChI=1S/C21H25N5O5S/c1-4-18(27)24-20(25-21(29)31-3)23-16-11-10-15(32-14-8-6-5-7-9-14)12-17(16)26(13-30-2)19(22)28/h5-12H,4,13H2,1-3H3,(H2,22,28)(H2,23,24,25,27,29). The Balaban J connectivity index is 2.48. The molecule has 0 unspecified atom stereocenters. The molecule has 0 atom stereocenters. The molecule has 2 aromatic rings. The first-order valence-corrected chi connectivity index (χ1v) is 10.4. The first-order valence-electron chi connectivity index (χ1n) is 9.54. The molecule has 11 heteroatoms. The second kappa shape index (κ2) is 12.3. The predicted octanol–water partition coefficient (Wildman–Crippen LogP) is 3.39. The average molecular weight is 460 g/mol. The Morgan fingerprint density at radius 3 is 2.41 bits per heavy atom. The van der Waals surface area contributed by atoms with Crippen molar-refractivity contribution in [3.05, 3.63) is 48.5 Å². The van der Waals surface area contributed by atoms with E-state index in [1.807, 2.05) is 36.4 Å². The van der Waals surface area contributed by atoms with Gasteiger partial charge in [-0.1, -0.05) is 36.9 Å². The summed E-state index contributed by atoms with van der Waals surface area (Å²) in [4.78, 5) is 42.5. The largest absolute Gasteiger partial charge is 0.453 e. The molecular formula is C21H25N5O5S. The van der Waals surface area contributed by atoms with Crippen LogP contribution in [0.15, 0.2) is 63.3 Å². The molecule has 0 heterocycles. The normalized spacial score (nSPS) is 10.9. The van der Waals surface area contributed by atoms with E-state index in [1.54, 1.807) is 19.1 Å². The number of amides is 4. The van der Waals surface area contributed by atoms with E-state index in [4.69, 9.17) is 10.5 Å². The van der Waals surface area contributed by atoms with E-state index in [0.717, 1.165) is 9.79 Å². The Bertz CT molecular complexity index is 984. The molecule has 0 fully saturated rings. The average Bonchev–Trinajstić information content (AvgIpc) is 2.78. The highest BCUT2D eigenvalue weighted by atomic mass is 32.2. The maximum atomic E-state index is 12.1. The number of hydrogen-bond donors (Lipinski definition) is 3. The monoisotopic (exact) mass is 459 g/mol. The maximum absolute atomic E-state index is 12.1. The van der Waals surface area contributed by atoms with Crippen LogP contribution in [0.3, 0.4) is 0 Å². The molecular weight excluding hydrogens is 434 g/mol. The third kappa shape index (κ3) is 7.29. The summed E-state index contributed by atoms with van der Waals surface area (Å²) in [5.74, 6) is -0.624. The van der Waals surface area contributed by atoms with Gasteiger partial charge < -0.3 is 20.5 Å². The van der Waals surface area contributed by atoms with Crippen LogP contribution in [0.1, 0.15) is 13.3 Å². The number of nitrogens with one attached hydrogen (secondary N) is 2. The number of anilines is 2. The first kappa shape index (κ1) is 24.7. The van der Waals surface area contributed by atoms with Crippen molar-refractivity contribution >= 4 is 47.1 Å². The van der Waals surface area contributed by atoms with Crippen molar-refractivity contribution in [2.45, 2.75) is 23.1 Å². The molecule has 170 valence electrons. The topological polar surface area (TPSA) is 135 Å². The lowest BCUT2D eigenvalue weighted by atomic mass is 10.2. The molecule has 0 bridgehead atoms. The molecule has 0 radical (unpaired) electrons. The summed E-state index contributed by atoms with van der Waals surface area (Å²) in [6.07, 6.45) is -0.688. The lowest BCUT2D eigenvalue weighted by Crippen LogP contribution is -2.39. The zero-order chi connectivity index (χ0) is 23.5. The number of methoxy groups -OCH3 is 2. The van der Waals surface area contributed by atoms with Crippen LogP contribution in [-0.4, -0.2) is 44.9 Å². The van der Waals surface area contributed by atoms with Gasteiger partial charge in [0.15, 0.2) is 0 Å². The Morgan fingerprint density at radius 2 is 1.81 bits per heavy atom. The summed E-state index contributed by atoms with van der Waals surface area (Å²) in [7, 11) is 2.61. The fourth-order valence-corrected chi connectivity index (χ4v) is 3.35. The van der Waals surface area contributed by atoms with Crippen molar-refractivity contribution in [1.82, 2.24) is 5.32 Å². The second-order valence-electron chi connectivity index (χ2n) is 6.23. The smallest absolute Gasteiger partial charge is 0.413 e. The molecule has 0 spiro atoms. The second-order valence-corrected chi connectivity index (χ2v) is 7.37. The minimum absolute atomic E-state index is 0.117. The van der Waals surface area contributed by atoms with Crippen molar-refractivity contribution in [3.63, 3.8) is 0 Å². The van der Waals surface area contributed by atoms with Crippen LogP contribution in [0.5, 0.6) is 0 Å². The Morgan fingerprint density at radius 1 is 1.09 bits per heavy atom. The predicted molar refractivity (Wildman–Crippen MR) is 123 cm³/mol. The van der Waals surface area contributed by atoms with Gasteiger partial charge in [-0.2, -0.15) is 4.99 Å². The van der Waals surface area contributed by atoms with Crippen molar-refractivity contribution in [2.24, 2.45) is 10.7 Å². The molecule has 2 aromatic carbocycles. The number of urea groups is 1. The number of primary amides is 1. The van der Waals surface area contributed by atoms with Gasteiger partial charge in [-0.05, 0) is 30.3 Å².